The van der Waals surface area contributed by atoms with Gasteiger partial charge in [-0.05, 0) is 12.1 Å². The van der Waals surface area contributed by atoms with E-state index in [-0.39, 0.29) is 0 Å². The van der Waals surface area contributed by atoms with E-state index < -0.39 is 6.09 Å². The molecule has 0 bridgehead atoms. The van der Waals surface area contributed by atoms with Crippen molar-refractivity contribution >= 4 is 17.9 Å². The third-order valence-corrected chi connectivity index (χ3v) is 2.10. The van der Waals surface area contributed by atoms with Gasteiger partial charge in [0.05, 0.1) is 5.88 Å². The monoisotopic (exact) mass is 183 g/mol. The second-order valence-corrected chi connectivity index (χ2v) is 3.13. The Labute approximate surface area is 74.8 Å². The van der Waals surface area contributed by atoms with E-state index in [1.165, 1.54) is 11.8 Å². The van der Waals surface area contributed by atoms with Crippen LogP contribution in [0.5, 0.6) is 0 Å². The standard InChI is InChI=1S/C8H9NO2S/c10-8(11)9-6-12-7-4-2-1-3-5-7/h1-5,9H,6H2,(H,10,11). The van der Waals surface area contributed by atoms with Crippen molar-refractivity contribution in [3.05, 3.63) is 30.3 Å². The highest BCUT2D eigenvalue weighted by atomic mass is 32.2. The van der Waals surface area contributed by atoms with Crippen molar-refractivity contribution in [1.82, 2.24) is 5.32 Å². The minimum absolute atomic E-state index is 0.388. The minimum atomic E-state index is -0.988. The first-order valence-electron chi connectivity index (χ1n) is 3.43. The summed E-state index contributed by atoms with van der Waals surface area (Å²) in [5, 5.41) is 10.5. The van der Waals surface area contributed by atoms with E-state index in [2.05, 4.69) is 5.32 Å². The molecule has 0 saturated carbocycles. The smallest absolute Gasteiger partial charge is 0.405 e. The van der Waals surface area contributed by atoms with Crippen LogP contribution in [0.4, 0.5) is 4.79 Å². The van der Waals surface area contributed by atoms with Crippen LogP contribution in [-0.2, 0) is 0 Å². The van der Waals surface area contributed by atoms with Crippen molar-refractivity contribution in [3.63, 3.8) is 0 Å². The molecule has 0 fully saturated rings. The van der Waals surface area contributed by atoms with Gasteiger partial charge in [0.25, 0.3) is 0 Å². The quantitative estimate of drug-likeness (QED) is 0.556. The molecule has 1 rings (SSSR count). The van der Waals surface area contributed by atoms with Crippen LogP contribution in [0, 0.1) is 0 Å². The predicted octanol–water partition coefficient (Wildman–Crippen LogP) is 2.00. The van der Waals surface area contributed by atoms with E-state index in [9.17, 15) is 4.79 Å². The number of carbonyl (C=O) groups is 1. The number of carboxylic acid groups (broad SMARTS) is 1. The average molecular weight is 183 g/mol. The molecular formula is C8H9NO2S. The molecule has 1 aromatic rings. The molecule has 0 aromatic heterocycles. The second kappa shape index (κ2) is 4.66. The molecule has 0 spiro atoms. The maximum Gasteiger partial charge on any atom is 0.405 e. The van der Waals surface area contributed by atoms with E-state index >= 15 is 0 Å². The number of rotatable bonds is 3. The van der Waals surface area contributed by atoms with Crippen molar-refractivity contribution in [2.24, 2.45) is 0 Å². The first kappa shape index (κ1) is 8.93. The molecular weight excluding hydrogens is 174 g/mol. The molecule has 1 amide bonds. The third kappa shape index (κ3) is 3.30. The van der Waals surface area contributed by atoms with Crippen LogP contribution >= 0.6 is 11.8 Å². The summed E-state index contributed by atoms with van der Waals surface area (Å²) in [6.07, 6.45) is -0.988. The number of hydrogen-bond acceptors (Lipinski definition) is 2. The molecule has 0 atom stereocenters. The van der Waals surface area contributed by atoms with Crippen molar-refractivity contribution in [1.29, 1.82) is 0 Å². The van der Waals surface area contributed by atoms with Gasteiger partial charge in [0.2, 0.25) is 0 Å². The molecule has 1 aromatic carbocycles. The van der Waals surface area contributed by atoms with Gasteiger partial charge in [-0.1, -0.05) is 18.2 Å². The van der Waals surface area contributed by atoms with Gasteiger partial charge in [0.1, 0.15) is 0 Å². The van der Waals surface area contributed by atoms with E-state index in [0.29, 0.717) is 5.88 Å². The molecule has 0 aliphatic rings. The Morgan fingerprint density at radius 2 is 2.08 bits per heavy atom. The van der Waals surface area contributed by atoms with Crippen LogP contribution in [0.15, 0.2) is 35.2 Å². The van der Waals surface area contributed by atoms with Crippen molar-refractivity contribution in [2.75, 3.05) is 5.88 Å². The van der Waals surface area contributed by atoms with Gasteiger partial charge < -0.3 is 10.4 Å². The average Bonchev–Trinajstić information content (AvgIpc) is 2.05. The zero-order valence-electron chi connectivity index (χ0n) is 6.36. The zero-order valence-corrected chi connectivity index (χ0v) is 7.17. The van der Waals surface area contributed by atoms with E-state index in [0.717, 1.165) is 4.90 Å². The number of benzene rings is 1. The molecule has 0 aliphatic carbocycles. The summed E-state index contributed by atoms with van der Waals surface area (Å²) < 4.78 is 0. The summed E-state index contributed by atoms with van der Waals surface area (Å²) in [4.78, 5) is 11.1. The summed E-state index contributed by atoms with van der Waals surface area (Å²) in [6, 6.07) is 9.64. The maximum absolute atomic E-state index is 10.1. The topological polar surface area (TPSA) is 49.3 Å². The molecule has 3 nitrogen and oxygen atoms in total. The predicted molar refractivity (Wildman–Crippen MR) is 48.3 cm³/mol. The molecule has 0 saturated heterocycles. The highest BCUT2D eigenvalue weighted by Crippen LogP contribution is 2.14. The molecule has 0 unspecified atom stereocenters. The van der Waals surface area contributed by atoms with E-state index in [1.807, 2.05) is 30.3 Å². The molecule has 64 valence electrons. The zero-order chi connectivity index (χ0) is 8.81. The molecule has 0 heterocycles. The lowest BCUT2D eigenvalue weighted by molar-refractivity contribution is 0.196. The van der Waals surface area contributed by atoms with Gasteiger partial charge in [-0.25, -0.2) is 4.79 Å². The first-order valence-corrected chi connectivity index (χ1v) is 4.42. The lowest BCUT2D eigenvalue weighted by atomic mass is 10.4. The Morgan fingerprint density at radius 3 is 2.67 bits per heavy atom. The third-order valence-electron chi connectivity index (χ3n) is 1.21. The van der Waals surface area contributed by atoms with Gasteiger partial charge in [-0.3, -0.25) is 0 Å². The summed E-state index contributed by atoms with van der Waals surface area (Å²) in [6.45, 7) is 0. The van der Waals surface area contributed by atoms with E-state index in [1.54, 1.807) is 0 Å². The van der Waals surface area contributed by atoms with Crippen molar-refractivity contribution in [3.8, 4) is 0 Å². The van der Waals surface area contributed by atoms with Gasteiger partial charge in [0, 0.05) is 4.90 Å². The van der Waals surface area contributed by atoms with Crippen LogP contribution in [0.25, 0.3) is 0 Å². The number of nitrogens with one attached hydrogen (secondary N) is 1. The lowest BCUT2D eigenvalue weighted by Gasteiger charge is -1.99. The van der Waals surface area contributed by atoms with Crippen LogP contribution < -0.4 is 5.32 Å². The number of thioether (sulfide) groups is 1. The Balaban J connectivity index is 2.29. The normalized spacial score (nSPS) is 9.33. The van der Waals surface area contributed by atoms with Crippen LogP contribution in [0.1, 0.15) is 0 Å². The van der Waals surface area contributed by atoms with Crippen LogP contribution in [0.2, 0.25) is 0 Å². The second-order valence-electron chi connectivity index (χ2n) is 2.08. The van der Waals surface area contributed by atoms with Crippen LogP contribution in [-0.4, -0.2) is 17.1 Å². The summed E-state index contributed by atoms with van der Waals surface area (Å²) >= 11 is 1.46. The Morgan fingerprint density at radius 1 is 1.42 bits per heavy atom. The van der Waals surface area contributed by atoms with Gasteiger partial charge in [0.15, 0.2) is 0 Å². The van der Waals surface area contributed by atoms with Gasteiger partial charge in [-0.2, -0.15) is 0 Å². The molecule has 12 heavy (non-hydrogen) atoms. The molecule has 4 heteroatoms. The van der Waals surface area contributed by atoms with Gasteiger partial charge >= 0.3 is 6.09 Å². The highest BCUT2D eigenvalue weighted by Gasteiger charge is 1.94. The fraction of sp³-hybridized carbons (Fsp3) is 0.125. The van der Waals surface area contributed by atoms with Crippen molar-refractivity contribution < 1.29 is 9.90 Å². The minimum Gasteiger partial charge on any atom is -0.465 e. The summed E-state index contributed by atoms with van der Waals surface area (Å²) in [5.41, 5.74) is 0. The maximum atomic E-state index is 10.1. The number of hydrogen-bond donors (Lipinski definition) is 2. The SMILES string of the molecule is O=C(O)NCSc1ccccc1. The fourth-order valence-electron chi connectivity index (χ4n) is 0.698. The summed E-state index contributed by atoms with van der Waals surface area (Å²) in [7, 11) is 0. The molecule has 0 aliphatic heterocycles. The summed E-state index contributed by atoms with van der Waals surface area (Å²) in [5.74, 6) is 0.388. The molecule has 2 N–H and O–H groups in total. The molecule has 0 radical (unpaired) electrons. The van der Waals surface area contributed by atoms with Crippen LogP contribution in [0.3, 0.4) is 0 Å². The van der Waals surface area contributed by atoms with Crippen molar-refractivity contribution in [2.45, 2.75) is 4.90 Å². The Bertz CT molecular complexity index is 250. The van der Waals surface area contributed by atoms with Gasteiger partial charge in [-0.15, -0.1) is 11.8 Å². The lowest BCUT2D eigenvalue weighted by Crippen LogP contribution is -2.19. The largest absolute Gasteiger partial charge is 0.465 e. The fourth-order valence-corrected chi connectivity index (χ4v) is 1.41. The number of amides is 1. The first-order chi connectivity index (χ1) is 5.79. The Kier molecular flexibility index (Phi) is 3.47. The highest BCUT2D eigenvalue weighted by molar-refractivity contribution is 7.99. The van der Waals surface area contributed by atoms with E-state index in [4.69, 9.17) is 5.11 Å². The Hall–Kier alpha value is -1.16.